The third kappa shape index (κ3) is 3.29. The van der Waals surface area contributed by atoms with Gasteiger partial charge in [0.25, 0.3) is 0 Å². The number of thiazole rings is 1. The van der Waals surface area contributed by atoms with E-state index in [-0.39, 0.29) is 0 Å². The molecule has 1 unspecified atom stereocenters. The normalized spacial score (nSPS) is 21.4. The Kier molecular flexibility index (Phi) is 4.35. The number of likely N-dealkylation sites (tertiary alicyclic amines) is 1. The molecule has 100 valence electrons. The third-order valence-electron chi connectivity index (χ3n) is 3.51. The Hall–Kier alpha value is -0.940. The van der Waals surface area contributed by atoms with Crippen LogP contribution in [0.2, 0.25) is 0 Å². The molecule has 0 radical (unpaired) electrons. The van der Waals surface area contributed by atoms with Crippen LogP contribution >= 0.6 is 11.3 Å². The fraction of sp³-hybridized carbons (Fsp3) is 0.692. The average Bonchev–Trinajstić information content (AvgIpc) is 2.78. The van der Waals surface area contributed by atoms with E-state index in [0.29, 0.717) is 16.8 Å². The Balaban J connectivity index is 1.94. The van der Waals surface area contributed by atoms with Crippen molar-refractivity contribution in [3.05, 3.63) is 16.1 Å². The van der Waals surface area contributed by atoms with Gasteiger partial charge in [0, 0.05) is 19.0 Å². The number of hydrogen-bond donors (Lipinski definition) is 1. The summed E-state index contributed by atoms with van der Waals surface area (Å²) in [4.78, 5) is 17.9. The van der Waals surface area contributed by atoms with Crippen molar-refractivity contribution < 1.29 is 9.90 Å². The Morgan fingerprint density at radius 1 is 1.67 bits per heavy atom. The minimum atomic E-state index is -0.869. The molecular weight excluding hydrogens is 248 g/mol. The van der Waals surface area contributed by atoms with Gasteiger partial charge in [0.05, 0.1) is 11.2 Å². The van der Waals surface area contributed by atoms with Gasteiger partial charge in [0.2, 0.25) is 0 Å². The van der Waals surface area contributed by atoms with Gasteiger partial charge in [-0.2, -0.15) is 0 Å². The fourth-order valence-corrected chi connectivity index (χ4v) is 3.35. The molecule has 1 atom stereocenters. The lowest BCUT2D eigenvalue weighted by molar-refractivity contribution is 0.0702. The molecule has 0 bridgehead atoms. The lowest BCUT2D eigenvalue weighted by Gasteiger charge is -2.35. The van der Waals surface area contributed by atoms with Gasteiger partial charge in [0.15, 0.2) is 0 Å². The number of carboxylic acid groups (broad SMARTS) is 1. The Labute approximate surface area is 112 Å². The molecule has 0 saturated carbocycles. The van der Waals surface area contributed by atoms with E-state index in [1.54, 1.807) is 0 Å². The summed E-state index contributed by atoms with van der Waals surface area (Å²) >= 11 is 1.32. The minimum Gasteiger partial charge on any atom is -0.477 e. The van der Waals surface area contributed by atoms with Crippen LogP contribution in [0.4, 0.5) is 0 Å². The van der Waals surface area contributed by atoms with E-state index in [1.165, 1.54) is 36.9 Å². The summed E-state index contributed by atoms with van der Waals surface area (Å²) in [6.45, 7) is 6.76. The number of aromatic nitrogens is 1. The smallest absolute Gasteiger partial charge is 0.347 e. The first kappa shape index (κ1) is 13.5. The molecule has 0 amide bonds. The molecule has 1 aliphatic rings. The lowest BCUT2D eigenvalue weighted by atomic mass is 9.94. The zero-order valence-corrected chi connectivity index (χ0v) is 11.7. The number of carboxylic acids is 1. The van der Waals surface area contributed by atoms with Crippen LogP contribution in [0, 0.1) is 5.92 Å². The van der Waals surface area contributed by atoms with E-state index in [2.05, 4.69) is 23.7 Å². The second-order valence-electron chi connectivity index (χ2n) is 5.22. The van der Waals surface area contributed by atoms with E-state index in [0.717, 1.165) is 18.0 Å². The summed E-state index contributed by atoms with van der Waals surface area (Å²) in [7, 11) is 0. The molecule has 1 fully saturated rings. The summed E-state index contributed by atoms with van der Waals surface area (Å²) in [5.74, 6) is -0.250. The fourth-order valence-electron chi connectivity index (χ4n) is 2.48. The highest BCUT2D eigenvalue weighted by molar-refractivity contribution is 7.13. The summed E-state index contributed by atoms with van der Waals surface area (Å²) in [6, 6.07) is 0.596. The Morgan fingerprint density at radius 3 is 3.06 bits per heavy atom. The molecule has 1 N–H and O–H groups in total. The van der Waals surface area contributed by atoms with E-state index in [4.69, 9.17) is 5.11 Å². The van der Waals surface area contributed by atoms with Gasteiger partial charge in [-0.15, -0.1) is 11.3 Å². The standard InChI is InChI=1S/C13H20N2O2S/c1-9(2)15-5-3-4-10(8-15)6-12-14-7-11(18-12)13(16)17/h7,9-10H,3-6,8H2,1-2H3,(H,16,17). The molecular formula is C13H20N2O2S. The predicted molar refractivity (Wildman–Crippen MR) is 72.2 cm³/mol. The summed E-state index contributed by atoms with van der Waals surface area (Å²) in [5, 5.41) is 9.84. The van der Waals surface area contributed by atoms with Crippen LogP contribution in [0.15, 0.2) is 6.20 Å². The highest BCUT2D eigenvalue weighted by atomic mass is 32.1. The number of rotatable bonds is 4. The molecule has 1 saturated heterocycles. The molecule has 4 nitrogen and oxygen atoms in total. The number of nitrogens with zero attached hydrogens (tertiary/aromatic N) is 2. The molecule has 5 heteroatoms. The maximum absolute atomic E-state index is 10.8. The van der Waals surface area contributed by atoms with Gasteiger partial charge in [-0.1, -0.05) is 0 Å². The van der Waals surface area contributed by atoms with Crippen LogP contribution in [-0.2, 0) is 6.42 Å². The predicted octanol–water partition coefficient (Wildman–Crippen LogP) is 2.50. The molecule has 2 heterocycles. The van der Waals surface area contributed by atoms with Crippen molar-refractivity contribution in [1.82, 2.24) is 9.88 Å². The van der Waals surface area contributed by atoms with Gasteiger partial charge in [-0.25, -0.2) is 9.78 Å². The lowest BCUT2D eigenvalue weighted by Crippen LogP contribution is -2.40. The largest absolute Gasteiger partial charge is 0.477 e. The van der Waals surface area contributed by atoms with Crippen molar-refractivity contribution in [2.45, 2.75) is 39.2 Å². The zero-order valence-electron chi connectivity index (χ0n) is 10.9. The van der Waals surface area contributed by atoms with Crippen molar-refractivity contribution in [2.24, 2.45) is 5.92 Å². The van der Waals surface area contributed by atoms with Crippen LogP contribution in [0.5, 0.6) is 0 Å². The van der Waals surface area contributed by atoms with Crippen molar-refractivity contribution >= 4 is 17.3 Å². The first-order valence-electron chi connectivity index (χ1n) is 6.48. The van der Waals surface area contributed by atoms with Gasteiger partial charge < -0.3 is 10.0 Å². The third-order valence-corrected chi connectivity index (χ3v) is 4.52. The first-order chi connectivity index (χ1) is 8.56. The maximum Gasteiger partial charge on any atom is 0.347 e. The molecule has 0 aliphatic carbocycles. The summed E-state index contributed by atoms with van der Waals surface area (Å²) < 4.78 is 0. The molecule has 2 rings (SSSR count). The van der Waals surface area contributed by atoms with Crippen LogP contribution in [0.3, 0.4) is 0 Å². The van der Waals surface area contributed by atoms with Gasteiger partial charge in [-0.3, -0.25) is 0 Å². The molecule has 0 spiro atoms. The maximum atomic E-state index is 10.8. The molecule has 1 aromatic heterocycles. The molecule has 18 heavy (non-hydrogen) atoms. The van der Waals surface area contributed by atoms with Gasteiger partial charge in [-0.05, 0) is 39.2 Å². The molecule has 0 aromatic carbocycles. The second kappa shape index (κ2) is 5.80. The average molecular weight is 268 g/mol. The summed E-state index contributed by atoms with van der Waals surface area (Å²) in [5.41, 5.74) is 0. The number of hydrogen-bond acceptors (Lipinski definition) is 4. The van der Waals surface area contributed by atoms with Crippen molar-refractivity contribution in [3.63, 3.8) is 0 Å². The van der Waals surface area contributed by atoms with Gasteiger partial charge >= 0.3 is 5.97 Å². The van der Waals surface area contributed by atoms with Crippen LogP contribution in [-0.4, -0.2) is 40.1 Å². The monoisotopic (exact) mass is 268 g/mol. The van der Waals surface area contributed by atoms with E-state index in [9.17, 15) is 4.79 Å². The minimum absolute atomic E-state index is 0.349. The van der Waals surface area contributed by atoms with Crippen molar-refractivity contribution in [2.75, 3.05) is 13.1 Å². The number of aromatic carboxylic acids is 1. The Bertz CT molecular complexity index is 417. The van der Waals surface area contributed by atoms with Crippen molar-refractivity contribution in [1.29, 1.82) is 0 Å². The quantitative estimate of drug-likeness (QED) is 0.911. The van der Waals surface area contributed by atoms with Crippen LogP contribution < -0.4 is 0 Å². The summed E-state index contributed by atoms with van der Waals surface area (Å²) in [6.07, 6.45) is 4.86. The van der Waals surface area contributed by atoms with E-state index in [1.807, 2.05) is 0 Å². The van der Waals surface area contributed by atoms with Crippen LogP contribution in [0.1, 0.15) is 41.4 Å². The highest BCUT2D eigenvalue weighted by Crippen LogP contribution is 2.24. The highest BCUT2D eigenvalue weighted by Gasteiger charge is 2.23. The first-order valence-corrected chi connectivity index (χ1v) is 7.30. The van der Waals surface area contributed by atoms with E-state index < -0.39 is 5.97 Å². The van der Waals surface area contributed by atoms with E-state index >= 15 is 0 Å². The molecule has 1 aromatic rings. The second-order valence-corrected chi connectivity index (χ2v) is 6.34. The Morgan fingerprint density at radius 2 is 2.44 bits per heavy atom. The SMILES string of the molecule is CC(C)N1CCCC(Cc2ncc(C(=O)O)s2)C1. The van der Waals surface area contributed by atoms with Crippen molar-refractivity contribution in [3.8, 4) is 0 Å². The number of carbonyl (C=O) groups is 1. The zero-order chi connectivity index (χ0) is 13.1. The van der Waals surface area contributed by atoms with Crippen LogP contribution in [0.25, 0.3) is 0 Å². The number of piperidine rings is 1. The molecule has 1 aliphatic heterocycles. The van der Waals surface area contributed by atoms with Gasteiger partial charge in [0.1, 0.15) is 4.88 Å². The topological polar surface area (TPSA) is 53.4 Å².